The Hall–Kier alpha value is -4.69. The van der Waals surface area contributed by atoms with Crippen LogP contribution in [0.2, 0.25) is 10.0 Å². The summed E-state index contributed by atoms with van der Waals surface area (Å²) in [4.78, 5) is 23.2. The van der Waals surface area contributed by atoms with Gasteiger partial charge in [-0.05, 0) is 182 Å². The Labute approximate surface area is 480 Å². The second kappa shape index (κ2) is 27.9. The van der Waals surface area contributed by atoms with Gasteiger partial charge in [0.25, 0.3) is 0 Å². The summed E-state index contributed by atoms with van der Waals surface area (Å²) in [5.41, 5.74) is 0.788. The molecule has 0 fully saturated rings. The van der Waals surface area contributed by atoms with Gasteiger partial charge in [-0.1, -0.05) is 86.3 Å². The molecule has 6 nitrogen and oxygen atoms in total. The lowest BCUT2D eigenvalue weighted by molar-refractivity contribution is 0.0891. The summed E-state index contributed by atoms with van der Waals surface area (Å²) in [5.74, 6) is -5.70. The lowest BCUT2D eigenvalue weighted by atomic mass is 9.81. The number of hydrogen-bond donors (Lipinski definition) is 0. The highest BCUT2D eigenvalue weighted by Gasteiger charge is 2.43. The van der Waals surface area contributed by atoms with Crippen molar-refractivity contribution in [3.05, 3.63) is 198 Å². The Morgan fingerprint density at radius 3 is 1.16 bits per heavy atom. The van der Waals surface area contributed by atoms with E-state index in [1.165, 1.54) is 53.0 Å². The molecule has 0 aliphatic heterocycles. The van der Waals surface area contributed by atoms with Gasteiger partial charge in [0.05, 0.1) is 31.4 Å². The number of carbonyl (C=O) groups excluding carboxylic acids is 2. The third-order valence-electron chi connectivity index (χ3n) is 14.8. The summed E-state index contributed by atoms with van der Waals surface area (Å²) >= 11 is 13.9. The van der Waals surface area contributed by atoms with E-state index in [0.29, 0.717) is 87.1 Å². The number of sulfone groups is 2. The summed E-state index contributed by atoms with van der Waals surface area (Å²) in [5, 5.41) is -1.32. The van der Waals surface area contributed by atoms with Crippen LogP contribution in [0.5, 0.6) is 0 Å². The highest BCUT2D eigenvalue weighted by Crippen LogP contribution is 2.48. The Kier molecular flexibility index (Phi) is 22.4. The van der Waals surface area contributed by atoms with Gasteiger partial charge in [0.2, 0.25) is 0 Å². The predicted octanol–water partition coefficient (Wildman–Crippen LogP) is 17.3. The number of Topliss-reactive ketones (excluding diaryl/α,β-unsaturated/α-hetero) is 2. The first kappa shape index (κ1) is 63.5. The first-order valence-corrected chi connectivity index (χ1v) is 31.3. The Morgan fingerprint density at radius 1 is 0.443 bits per heavy atom. The average molecular weight is 1290 g/mol. The highest BCUT2D eigenvalue weighted by molar-refractivity contribution is 14.1. The molecule has 5 atom stereocenters. The molecule has 79 heavy (non-hydrogen) atoms. The zero-order valence-corrected chi connectivity index (χ0v) is 49.0. The molecule has 0 radical (unpaired) electrons. The highest BCUT2D eigenvalue weighted by atomic mass is 127. The van der Waals surface area contributed by atoms with Crippen LogP contribution in [0.25, 0.3) is 0 Å². The molecule has 4 aliphatic rings. The van der Waals surface area contributed by atoms with E-state index >= 15 is 0 Å². The van der Waals surface area contributed by atoms with Gasteiger partial charge in [0, 0.05) is 44.6 Å². The molecular weight excluding hydrogens is 1230 g/mol. The summed E-state index contributed by atoms with van der Waals surface area (Å²) in [6.45, 7) is 7.75. The monoisotopic (exact) mass is 1290 g/mol. The van der Waals surface area contributed by atoms with E-state index in [9.17, 15) is 61.5 Å². The van der Waals surface area contributed by atoms with Gasteiger partial charge in [-0.2, -0.15) is 0 Å². The van der Waals surface area contributed by atoms with E-state index in [2.05, 4.69) is 29.5 Å². The zero-order chi connectivity index (χ0) is 58.1. The summed E-state index contributed by atoms with van der Waals surface area (Å²) in [7, 11) is -7.72. The van der Waals surface area contributed by atoms with Crippen molar-refractivity contribution in [3.63, 3.8) is 0 Å². The topological polar surface area (TPSA) is 102 Å². The lowest BCUT2D eigenvalue weighted by Crippen LogP contribution is -2.29. The molecule has 4 aliphatic carbocycles. The van der Waals surface area contributed by atoms with Crippen molar-refractivity contribution in [2.45, 2.75) is 125 Å². The third-order valence-corrected chi connectivity index (χ3v) is 19.8. The molecule has 0 spiro atoms. The molecule has 0 saturated carbocycles. The summed E-state index contributed by atoms with van der Waals surface area (Å²) in [6, 6.07) is 20.0. The van der Waals surface area contributed by atoms with Gasteiger partial charge >= 0.3 is 0 Å². The maximum absolute atomic E-state index is 14.5. The van der Waals surface area contributed by atoms with Crippen LogP contribution < -0.4 is 0 Å². The quantitative estimate of drug-likeness (QED) is 0.0896. The molecule has 6 aromatic carbocycles. The van der Waals surface area contributed by atoms with Crippen LogP contribution in [0.4, 0.5) is 35.1 Å². The maximum Gasteiger partial charge on any atom is 0.185 e. The van der Waals surface area contributed by atoms with E-state index in [0.717, 1.165) is 48.5 Å². The molecule has 19 heteroatoms. The number of benzene rings is 6. The number of hydrogen-bond acceptors (Lipinski definition) is 6. The molecule has 0 heterocycles. The van der Waals surface area contributed by atoms with Crippen molar-refractivity contribution in [2.75, 3.05) is 4.43 Å². The predicted molar refractivity (Wildman–Crippen MR) is 301 cm³/mol. The molecule has 424 valence electrons. The van der Waals surface area contributed by atoms with E-state index in [-0.39, 0.29) is 83.6 Å². The fourth-order valence-corrected chi connectivity index (χ4v) is 15.5. The van der Waals surface area contributed by atoms with Crippen molar-refractivity contribution >= 4 is 77.0 Å². The smallest absolute Gasteiger partial charge is 0.185 e. The lowest BCUT2D eigenvalue weighted by Gasteiger charge is -2.33. The van der Waals surface area contributed by atoms with Gasteiger partial charge in [-0.3, -0.25) is 9.59 Å². The minimum Gasteiger partial charge on any atom is -0.294 e. The maximum atomic E-state index is 14.5. The summed E-state index contributed by atoms with van der Waals surface area (Å²) in [6.07, 6.45) is 6.07. The van der Waals surface area contributed by atoms with E-state index < -0.39 is 76.7 Å². The fourth-order valence-electron chi connectivity index (χ4n) is 10.8. The summed E-state index contributed by atoms with van der Waals surface area (Å²) < 4.78 is 164. The Morgan fingerprint density at radius 2 is 0.785 bits per heavy atom. The minimum absolute atomic E-state index is 0.0111. The van der Waals surface area contributed by atoms with Crippen LogP contribution in [0.3, 0.4) is 0 Å². The number of fused-ring (bicyclic) bond motifs is 4. The molecule has 10 rings (SSSR count). The number of carbonyl (C=O) groups is 2. The van der Waals surface area contributed by atoms with Gasteiger partial charge < -0.3 is 0 Å². The van der Waals surface area contributed by atoms with Crippen LogP contribution in [0, 0.1) is 64.3 Å². The molecule has 0 bridgehead atoms. The third kappa shape index (κ3) is 14.2. The molecule has 0 N–H and O–H groups in total. The first-order chi connectivity index (χ1) is 37.5. The molecular formula is C60H59Cl2F8IO6S2. The molecule has 0 saturated heterocycles. The van der Waals surface area contributed by atoms with Gasteiger partial charge in [0.1, 0.15) is 46.5 Å². The number of halogens is 11. The minimum atomic E-state index is -3.86. The van der Waals surface area contributed by atoms with Crippen LogP contribution in [-0.4, -0.2) is 32.8 Å². The van der Waals surface area contributed by atoms with Crippen LogP contribution in [0.1, 0.15) is 144 Å². The van der Waals surface area contributed by atoms with Crippen molar-refractivity contribution in [3.8, 4) is 0 Å². The van der Waals surface area contributed by atoms with E-state index in [1.54, 1.807) is 0 Å². The second-order valence-electron chi connectivity index (χ2n) is 19.4. The van der Waals surface area contributed by atoms with E-state index in [4.69, 9.17) is 23.2 Å². The van der Waals surface area contributed by atoms with Gasteiger partial charge in [-0.15, -0.1) is 0 Å². The van der Waals surface area contributed by atoms with Crippen molar-refractivity contribution in [1.82, 2.24) is 0 Å². The van der Waals surface area contributed by atoms with Crippen LogP contribution in [0.15, 0.2) is 107 Å². The van der Waals surface area contributed by atoms with Gasteiger partial charge in [0.15, 0.2) is 31.2 Å². The van der Waals surface area contributed by atoms with Crippen LogP contribution in [-0.2, 0) is 45.4 Å². The van der Waals surface area contributed by atoms with Crippen molar-refractivity contribution in [2.24, 2.45) is 17.8 Å². The SMILES string of the molecule is CCC1CCc2c(F)ccc(F)c2C1=O.CCI.CC[C@@H]1CCc2c(F)ccc(F)c2[C@@H]1S(=O)(=O)c1ccc(Cl)cc1.CC[C@H]1CCc2c(F)ccc(F)c2[C@@H]1S(=O)(=O)c1ccc(Cl)cc1.O=C1CCCc2c(F)ccc(F)c21. The van der Waals surface area contributed by atoms with Crippen molar-refractivity contribution < 1.29 is 61.5 Å². The molecule has 1 unspecified atom stereocenters. The Balaban J connectivity index is 0.000000172. The Bertz CT molecular complexity index is 3250. The van der Waals surface area contributed by atoms with E-state index in [1.807, 2.05) is 20.8 Å². The number of alkyl halides is 1. The number of rotatable bonds is 7. The standard InChI is InChI=1S/2C18H17ClF2O2S.C12H12F2O.C10H8F2O.C2H5I/c2*1-2-11-3-8-14-15(20)9-10-16(21)17(14)18(11)24(22,23)13-6-4-12(19)5-7-13;1-2-7-3-4-8-9(13)5-6-10(14)11(8)12(7)15;11-7-4-5-8(12)10-6(7)2-1-3-9(10)13;1-2-3/h2*4-7,9-11,18H,2-3,8H2,1H3;5-7H,2-4H2,1H3;4-5H,1-3H2;2H2,1H3/t11-,18+;11-,18-;;;/m01.../s1. The average Bonchev–Trinajstić information content (AvgIpc) is 3.52. The fraction of sp³-hybridized carbons (Fsp3) is 0.367. The molecule has 6 aromatic rings. The number of ketones is 2. The normalized spacial score (nSPS) is 19.2. The van der Waals surface area contributed by atoms with Crippen LogP contribution >= 0.6 is 45.8 Å². The van der Waals surface area contributed by atoms with Crippen molar-refractivity contribution in [1.29, 1.82) is 0 Å². The molecule has 0 amide bonds. The largest absolute Gasteiger partial charge is 0.294 e. The second-order valence-corrected chi connectivity index (χ2v) is 26.0. The first-order valence-electron chi connectivity index (χ1n) is 26.0. The van der Waals surface area contributed by atoms with Gasteiger partial charge in [-0.25, -0.2) is 52.0 Å². The molecule has 0 aromatic heterocycles. The zero-order valence-electron chi connectivity index (χ0n) is 43.7.